The number of carbonyl (C=O) groups excluding carboxylic acids is 1. The van der Waals surface area contributed by atoms with Crippen molar-refractivity contribution in [3.63, 3.8) is 0 Å². The second-order valence-electron chi connectivity index (χ2n) is 3.49. The van der Waals surface area contributed by atoms with E-state index < -0.39 is 0 Å². The molecule has 62 valence electrons. The van der Waals surface area contributed by atoms with Gasteiger partial charge in [0.1, 0.15) is 0 Å². The third kappa shape index (κ3) is 0.805. The molecule has 1 spiro atoms. The summed E-state index contributed by atoms with van der Waals surface area (Å²) in [6, 6.07) is 0. The molecule has 1 saturated heterocycles. The SMILES string of the molecule is CCN1C(=O)C2(CC2)NC1C. The number of rotatable bonds is 1. The highest BCUT2D eigenvalue weighted by Gasteiger charge is 2.57. The van der Waals surface area contributed by atoms with Crippen molar-refractivity contribution in [3.05, 3.63) is 0 Å². The Bertz CT molecular complexity index is 198. The van der Waals surface area contributed by atoms with Gasteiger partial charge in [0.05, 0.1) is 11.7 Å². The summed E-state index contributed by atoms with van der Waals surface area (Å²) in [5.41, 5.74) is -0.116. The van der Waals surface area contributed by atoms with Crippen molar-refractivity contribution in [1.29, 1.82) is 0 Å². The lowest BCUT2D eigenvalue weighted by atomic mass is 10.3. The molecule has 2 fully saturated rings. The number of nitrogens with zero attached hydrogens (tertiary/aromatic N) is 1. The van der Waals surface area contributed by atoms with Crippen molar-refractivity contribution < 1.29 is 4.79 Å². The van der Waals surface area contributed by atoms with Crippen LogP contribution in [0, 0.1) is 0 Å². The fourth-order valence-electron chi connectivity index (χ4n) is 1.89. The van der Waals surface area contributed by atoms with Gasteiger partial charge in [-0.2, -0.15) is 0 Å². The Kier molecular flexibility index (Phi) is 1.27. The van der Waals surface area contributed by atoms with Gasteiger partial charge in [-0.25, -0.2) is 0 Å². The van der Waals surface area contributed by atoms with Crippen LogP contribution in [0.15, 0.2) is 0 Å². The molecule has 0 bridgehead atoms. The Labute approximate surface area is 66.8 Å². The number of amides is 1. The van der Waals surface area contributed by atoms with Gasteiger partial charge in [-0.15, -0.1) is 0 Å². The molecule has 1 unspecified atom stereocenters. The maximum absolute atomic E-state index is 11.6. The Morgan fingerprint density at radius 1 is 1.73 bits per heavy atom. The number of hydrogen-bond donors (Lipinski definition) is 1. The van der Waals surface area contributed by atoms with Gasteiger partial charge in [0.2, 0.25) is 5.91 Å². The zero-order chi connectivity index (χ0) is 8.06. The van der Waals surface area contributed by atoms with Crippen LogP contribution >= 0.6 is 0 Å². The van der Waals surface area contributed by atoms with E-state index in [9.17, 15) is 4.79 Å². The van der Waals surface area contributed by atoms with Gasteiger partial charge in [0.25, 0.3) is 0 Å². The van der Waals surface area contributed by atoms with Crippen LogP contribution < -0.4 is 5.32 Å². The quantitative estimate of drug-likeness (QED) is 0.590. The fourth-order valence-corrected chi connectivity index (χ4v) is 1.89. The molecule has 1 amide bonds. The fraction of sp³-hybridized carbons (Fsp3) is 0.875. The minimum atomic E-state index is -0.116. The first-order valence-electron chi connectivity index (χ1n) is 4.28. The first-order chi connectivity index (χ1) is 5.19. The molecule has 0 radical (unpaired) electrons. The molecule has 1 saturated carbocycles. The maximum atomic E-state index is 11.6. The zero-order valence-electron chi connectivity index (χ0n) is 7.05. The topological polar surface area (TPSA) is 32.3 Å². The highest BCUT2D eigenvalue weighted by molar-refractivity contribution is 5.91. The third-order valence-electron chi connectivity index (χ3n) is 2.71. The summed E-state index contributed by atoms with van der Waals surface area (Å²) in [6.45, 7) is 4.90. The minimum absolute atomic E-state index is 0.116. The van der Waals surface area contributed by atoms with E-state index in [-0.39, 0.29) is 11.7 Å². The molecule has 3 nitrogen and oxygen atoms in total. The van der Waals surface area contributed by atoms with E-state index in [1.165, 1.54) is 0 Å². The molecule has 0 aromatic carbocycles. The predicted octanol–water partition coefficient (Wildman–Crippen LogP) is 0.317. The standard InChI is InChI=1S/C8H14N2O/c1-3-10-6(2)9-8(4-5-8)7(10)11/h6,9H,3-5H2,1-2H3. The molecule has 2 aliphatic rings. The molecule has 11 heavy (non-hydrogen) atoms. The van der Waals surface area contributed by atoms with Crippen molar-refractivity contribution in [2.75, 3.05) is 6.54 Å². The molecule has 0 aromatic rings. The van der Waals surface area contributed by atoms with Crippen molar-refractivity contribution in [3.8, 4) is 0 Å². The van der Waals surface area contributed by atoms with Gasteiger partial charge in [-0.05, 0) is 26.7 Å². The lowest BCUT2D eigenvalue weighted by Crippen LogP contribution is -2.34. The summed E-state index contributed by atoms with van der Waals surface area (Å²) in [7, 11) is 0. The summed E-state index contributed by atoms with van der Waals surface area (Å²) >= 11 is 0. The van der Waals surface area contributed by atoms with Crippen LogP contribution in [0.3, 0.4) is 0 Å². The van der Waals surface area contributed by atoms with Crippen molar-refractivity contribution in [2.45, 2.75) is 38.4 Å². The van der Waals surface area contributed by atoms with Gasteiger partial charge in [-0.3, -0.25) is 10.1 Å². The van der Waals surface area contributed by atoms with Gasteiger partial charge in [0, 0.05) is 6.54 Å². The summed E-state index contributed by atoms with van der Waals surface area (Å²) in [5.74, 6) is 0.313. The van der Waals surface area contributed by atoms with Crippen LogP contribution in [0.2, 0.25) is 0 Å². The van der Waals surface area contributed by atoms with E-state index in [4.69, 9.17) is 0 Å². The summed E-state index contributed by atoms with van der Waals surface area (Å²) < 4.78 is 0. The van der Waals surface area contributed by atoms with Crippen LogP contribution in [-0.4, -0.2) is 29.1 Å². The number of hydrogen-bond acceptors (Lipinski definition) is 2. The maximum Gasteiger partial charge on any atom is 0.244 e. The molecule has 1 heterocycles. The number of nitrogens with one attached hydrogen (secondary N) is 1. The highest BCUT2D eigenvalue weighted by Crippen LogP contribution is 2.41. The van der Waals surface area contributed by atoms with Gasteiger partial charge >= 0.3 is 0 Å². The minimum Gasteiger partial charge on any atom is -0.326 e. The summed E-state index contributed by atoms with van der Waals surface area (Å²) in [5, 5.41) is 3.33. The lowest BCUT2D eigenvalue weighted by molar-refractivity contribution is -0.130. The zero-order valence-corrected chi connectivity index (χ0v) is 7.05. The Balaban J connectivity index is 2.18. The van der Waals surface area contributed by atoms with Crippen LogP contribution in [0.5, 0.6) is 0 Å². The smallest absolute Gasteiger partial charge is 0.244 e. The monoisotopic (exact) mass is 154 g/mol. The molecular weight excluding hydrogens is 140 g/mol. The molecule has 1 aliphatic carbocycles. The van der Waals surface area contributed by atoms with E-state index in [0.717, 1.165) is 19.4 Å². The molecule has 1 aliphatic heterocycles. The normalized spacial score (nSPS) is 33.5. The van der Waals surface area contributed by atoms with Crippen molar-refractivity contribution >= 4 is 5.91 Å². The van der Waals surface area contributed by atoms with Crippen LogP contribution in [0.4, 0.5) is 0 Å². The largest absolute Gasteiger partial charge is 0.326 e. The second-order valence-corrected chi connectivity index (χ2v) is 3.49. The average molecular weight is 154 g/mol. The predicted molar refractivity (Wildman–Crippen MR) is 41.9 cm³/mol. The van der Waals surface area contributed by atoms with E-state index >= 15 is 0 Å². The van der Waals surface area contributed by atoms with E-state index in [1.54, 1.807) is 0 Å². The number of carbonyl (C=O) groups is 1. The van der Waals surface area contributed by atoms with Crippen molar-refractivity contribution in [1.82, 2.24) is 10.2 Å². The Morgan fingerprint density at radius 3 is 2.64 bits per heavy atom. The van der Waals surface area contributed by atoms with Crippen LogP contribution in [-0.2, 0) is 4.79 Å². The van der Waals surface area contributed by atoms with E-state index in [1.807, 2.05) is 11.8 Å². The molecule has 3 heteroatoms. The van der Waals surface area contributed by atoms with Gasteiger partial charge in [0.15, 0.2) is 0 Å². The molecular formula is C8H14N2O. The summed E-state index contributed by atoms with van der Waals surface area (Å²) in [4.78, 5) is 13.5. The molecule has 2 rings (SSSR count). The van der Waals surface area contributed by atoms with Gasteiger partial charge in [-0.1, -0.05) is 0 Å². The highest BCUT2D eigenvalue weighted by atomic mass is 16.2. The molecule has 0 aromatic heterocycles. The number of likely N-dealkylation sites (N-methyl/N-ethyl adjacent to an activating group) is 1. The Morgan fingerprint density at radius 2 is 2.36 bits per heavy atom. The van der Waals surface area contributed by atoms with E-state index in [2.05, 4.69) is 12.2 Å². The van der Waals surface area contributed by atoms with E-state index in [0.29, 0.717) is 5.91 Å². The average Bonchev–Trinajstić information content (AvgIpc) is 2.65. The van der Waals surface area contributed by atoms with Gasteiger partial charge < -0.3 is 4.90 Å². The summed E-state index contributed by atoms with van der Waals surface area (Å²) in [6.07, 6.45) is 2.31. The van der Waals surface area contributed by atoms with Crippen LogP contribution in [0.25, 0.3) is 0 Å². The molecule has 1 N–H and O–H groups in total. The van der Waals surface area contributed by atoms with Crippen molar-refractivity contribution in [2.24, 2.45) is 0 Å². The first kappa shape index (κ1) is 7.10. The third-order valence-corrected chi connectivity index (χ3v) is 2.71. The molecule has 1 atom stereocenters. The van der Waals surface area contributed by atoms with Crippen LogP contribution in [0.1, 0.15) is 26.7 Å². The lowest BCUT2D eigenvalue weighted by Gasteiger charge is -2.17. The first-order valence-corrected chi connectivity index (χ1v) is 4.28. The second kappa shape index (κ2) is 1.97. The Hall–Kier alpha value is -0.570.